The molecule has 0 saturated carbocycles. The van der Waals surface area contributed by atoms with Crippen LogP contribution >= 0.6 is 27.7 Å². The van der Waals surface area contributed by atoms with E-state index in [4.69, 9.17) is 0 Å². The Bertz CT molecular complexity index is 686. The minimum absolute atomic E-state index is 0.429. The van der Waals surface area contributed by atoms with E-state index in [1.165, 1.54) is 11.8 Å². The standard InChI is InChI=1S/C13H7BrN2O2S/c14-7-1-4-11(15-6-7)19-8-2-3-9-10(5-8)16-13(18)12(9)17/h1-6H,(H,16,17,18). The summed E-state index contributed by atoms with van der Waals surface area (Å²) >= 11 is 4.80. The third-order valence-electron chi connectivity index (χ3n) is 2.61. The number of nitrogens with one attached hydrogen (secondary N) is 1. The molecule has 1 aromatic heterocycles. The number of halogens is 1. The molecule has 1 aliphatic rings. The molecule has 0 atom stereocenters. The number of anilines is 1. The van der Waals surface area contributed by atoms with E-state index in [1.807, 2.05) is 18.2 Å². The molecule has 0 fully saturated rings. The highest BCUT2D eigenvalue weighted by atomic mass is 79.9. The molecule has 3 rings (SSSR count). The van der Waals surface area contributed by atoms with Gasteiger partial charge in [-0.05, 0) is 46.3 Å². The molecule has 1 aliphatic heterocycles. The van der Waals surface area contributed by atoms with Gasteiger partial charge in [0.2, 0.25) is 0 Å². The summed E-state index contributed by atoms with van der Waals surface area (Å²) in [6, 6.07) is 9.06. The van der Waals surface area contributed by atoms with Gasteiger partial charge < -0.3 is 5.32 Å². The van der Waals surface area contributed by atoms with Gasteiger partial charge in [0.15, 0.2) is 0 Å². The smallest absolute Gasteiger partial charge is 0.296 e. The molecular formula is C13H7BrN2O2S. The molecule has 6 heteroatoms. The number of nitrogens with zero attached hydrogens (tertiary/aromatic N) is 1. The van der Waals surface area contributed by atoms with Crippen LogP contribution in [0.15, 0.2) is 50.9 Å². The summed E-state index contributed by atoms with van der Waals surface area (Å²) in [7, 11) is 0. The number of hydrogen-bond acceptors (Lipinski definition) is 4. The van der Waals surface area contributed by atoms with Crippen LogP contribution in [-0.2, 0) is 4.79 Å². The zero-order chi connectivity index (χ0) is 13.4. The van der Waals surface area contributed by atoms with Gasteiger partial charge in [0.05, 0.1) is 11.3 Å². The minimum Gasteiger partial charge on any atom is -0.318 e. The monoisotopic (exact) mass is 334 g/mol. The largest absolute Gasteiger partial charge is 0.318 e. The number of hydrogen-bond donors (Lipinski definition) is 1. The summed E-state index contributed by atoms with van der Waals surface area (Å²) in [5.41, 5.74) is 0.996. The van der Waals surface area contributed by atoms with E-state index in [0.29, 0.717) is 11.3 Å². The van der Waals surface area contributed by atoms with Crippen molar-refractivity contribution in [1.29, 1.82) is 0 Å². The van der Waals surface area contributed by atoms with Gasteiger partial charge in [-0.3, -0.25) is 9.59 Å². The molecule has 94 valence electrons. The van der Waals surface area contributed by atoms with E-state index < -0.39 is 11.7 Å². The predicted molar refractivity (Wildman–Crippen MR) is 75.5 cm³/mol. The van der Waals surface area contributed by atoms with Crippen molar-refractivity contribution >= 4 is 45.1 Å². The molecule has 0 unspecified atom stereocenters. The van der Waals surface area contributed by atoms with Crippen LogP contribution in [0.1, 0.15) is 10.4 Å². The van der Waals surface area contributed by atoms with Gasteiger partial charge in [-0.1, -0.05) is 11.8 Å². The van der Waals surface area contributed by atoms with Crippen LogP contribution in [0.4, 0.5) is 5.69 Å². The van der Waals surface area contributed by atoms with Crippen molar-refractivity contribution in [2.45, 2.75) is 9.92 Å². The zero-order valence-electron chi connectivity index (χ0n) is 9.51. The molecular weight excluding hydrogens is 328 g/mol. The summed E-state index contributed by atoms with van der Waals surface area (Å²) in [5.74, 6) is -1.05. The van der Waals surface area contributed by atoms with Crippen molar-refractivity contribution < 1.29 is 9.59 Å². The van der Waals surface area contributed by atoms with Crippen molar-refractivity contribution in [2.75, 3.05) is 5.32 Å². The quantitative estimate of drug-likeness (QED) is 0.857. The van der Waals surface area contributed by atoms with Crippen molar-refractivity contribution in [1.82, 2.24) is 4.98 Å². The molecule has 0 radical (unpaired) electrons. The van der Waals surface area contributed by atoms with Crippen LogP contribution in [0.25, 0.3) is 0 Å². The summed E-state index contributed by atoms with van der Waals surface area (Å²) in [5, 5.41) is 3.40. The van der Waals surface area contributed by atoms with E-state index in [0.717, 1.165) is 14.4 Å². The average molecular weight is 335 g/mol. The van der Waals surface area contributed by atoms with Crippen molar-refractivity contribution in [3.63, 3.8) is 0 Å². The Labute approximate surface area is 121 Å². The van der Waals surface area contributed by atoms with Crippen LogP contribution in [-0.4, -0.2) is 16.7 Å². The fourth-order valence-corrected chi connectivity index (χ4v) is 2.76. The molecule has 1 aromatic carbocycles. The van der Waals surface area contributed by atoms with Gasteiger partial charge in [-0.2, -0.15) is 0 Å². The molecule has 0 spiro atoms. The molecule has 0 bridgehead atoms. The third kappa shape index (κ3) is 2.41. The lowest BCUT2D eigenvalue weighted by Gasteiger charge is -2.03. The molecule has 0 aliphatic carbocycles. The Morgan fingerprint density at radius 2 is 2.00 bits per heavy atom. The van der Waals surface area contributed by atoms with Gasteiger partial charge in [0, 0.05) is 15.6 Å². The normalized spacial score (nSPS) is 13.3. The first-order chi connectivity index (χ1) is 9.13. The fraction of sp³-hybridized carbons (Fsp3) is 0. The SMILES string of the molecule is O=C1Nc2cc(Sc3ccc(Br)cn3)ccc2C1=O. The van der Waals surface area contributed by atoms with Crippen LogP contribution < -0.4 is 5.32 Å². The minimum atomic E-state index is -0.570. The first-order valence-corrected chi connectivity index (χ1v) is 7.03. The summed E-state index contributed by atoms with van der Waals surface area (Å²) < 4.78 is 0.920. The number of benzene rings is 1. The molecule has 1 amide bonds. The maximum atomic E-state index is 11.5. The Hall–Kier alpha value is -1.66. The third-order valence-corrected chi connectivity index (χ3v) is 4.02. The van der Waals surface area contributed by atoms with Crippen LogP contribution in [0.2, 0.25) is 0 Å². The average Bonchev–Trinajstić information content (AvgIpc) is 2.68. The highest BCUT2D eigenvalue weighted by Crippen LogP contribution is 2.32. The number of fused-ring (bicyclic) bond motifs is 1. The molecule has 0 saturated heterocycles. The van der Waals surface area contributed by atoms with Crippen LogP contribution in [0, 0.1) is 0 Å². The molecule has 1 N–H and O–H groups in total. The van der Waals surface area contributed by atoms with E-state index in [2.05, 4.69) is 26.2 Å². The second-order valence-corrected chi connectivity index (χ2v) is 5.92. The Morgan fingerprint density at radius 1 is 1.16 bits per heavy atom. The Balaban J connectivity index is 1.88. The fourth-order valence-electron chi connectivity index (χ4n) is 1.73. The van der Waals surface area contributed by atoms with E-state index >= 15 is 0 Å². The van der Waals surface area contributed by atoms with E-state index in [-0.39, 0.29) is 0 Å². The van der Waals surface area contributed by atoms with Gasteiger partial charge >= 0.3 is 0 Å². The highest BCUT2D eigenvalue weighted by Gasteiger charge is 2.27. The molecule has 19 heavy (non-hydrogen) atoms. The van der Waals surface area contributed by atoms with Crippen LogP contribution in [0.3, 0.4) is 0 Å². The lowest BCUT2D eigenvalue weighted by atomic mass is 10.1. The summed E-state index contributed by atoms with van der Waals surface area (Å²) in [6.45, 7) is 0. The van der Waals surface area contributed by atoms with Gasteiger partial charge in [-0.25, -0.2) is 4.98 Å². The maximum Gasteiger partial charge on any atom is 0.296 e. The van der Waals surface area contributed by atoms with E-state index in [9.17, 15) is 9.59 Å². The second-order valence-electron chi connectivity index (χ2n) is 3.91. The van der Waals surface area contributed by atoms with Gasteiger partial charge in [-0.15, -0.1) is 0 Å². The Morgan fingerprint density at radius 3 is 2.74 bits per heavy atom. The van der Waals surface area contributed by atoms with Crippen molar-refractivity contribution in [3.8, 4) is 0 Å². The van der Waals surface area contributed by atoms with E-state index in [1.54, 1.807) is 18.3 Å². The lowest BCUT2D eigenvalue weighted by molar-refractivity contribution is -0.112. The summed E-state index contributed by atoms with van der Waals surface area (Å²) in [4.78, 5) is 27.9. The summed E-state index contributed by atoms with van der Waals surface area (Å²) in [6.07, 6.45) is 1.72. The molecule has 2 heterocycles. The highest BCUT2D eigenvalue weighted by molar-refractivity contribution is 9.10. The van der Waals surface area contributed by atoms with Gasteiger partial charge in [0.1, 0.15) is 5.03 Å². The maximum absolute atomic E-state index is 11.5. The topological polar surface area (TPSA) is 59.1 Å². The zero-order valence-corrected chi connectivity index (χ0v) is 11.9. The molecule has 4 nitrogen and oxygen atoms in total. The number of rotatable bonds is 2. The van der Waals surface area contributed by atoms with Crippen LogP contribution in [0.5, 0.6) is 0 Å². The second kappa shape index (κ2) is 4.79. The predicted octanol–water partition coefficient (Wildman–Crippen LogP) is 3.13. The number of carbonyl (C=O) groups excluding carboxylic acids is 2. The Kier molecular flexibility index (Phi) is 3.12. The number of ketones is 1. The number of pyridine rings is 1. The van der Waals surface area contributed by atoms with Gasteiger partial charge in [0.25, 0.3) is 11.7 Å². The number of carbonyl (C=O) groups is 2. The number of amides is 1. The van der Waals surface area contributed by atoms with Crippen molar-refractivity contribution in [2.24, 2.45) is 0 Å². The first kappa shape index (κ1) is 12.4. The first-order valence-electron chi connectivity index (χ1n) is 5.42. The number of Topliss-reactive ketones (excluding diaryl/α,β-unsaturated/α-hetero) is 1. The van der Waals surface area contributed by atoms with Crippen molar-refractivity contribution in [3.05, 3.63) is 46.6 Å². The lowest BCUT2D eigenvalue weighted by Crippen LogP contribution is -2.12. The number of aromatic nitrogens is 1. The molecule has 2 aromatic rings.